The first-order chi connectivity index (χ1) is 6.18. The van der Waals surface area contributed by atoms with Gasteiger partial charge >= 0.3 is 0 Å². The molecule has 0 fully saturated rings. The smallest absolute Gasteiger partial charge is 0.287 e. The fourth-order valence-electron chi connectivity index (χ4n) is 1.08. The van der Waals surface area contributed by atoms with E-state index in [4.69, 9.17) is 0 Å². The molecule has 2 aromatic heterocycles. The van der Waals surface area contributed by atoms with Crippen molar-refractivity contribution in [2.24, 2.45) is 0 Å². The van der Waals surface area contributed by atoms with E-state index in [9.17, 15) is 10.1 Å². The molecular weight excluding hydrogens is 238 g/mol. The summed E-state index contributed by atoms with van der Waals surface area (Å²) >= 11 is 3.21. The molecule has 13 heavy (non-hydrogen) atoms. The summed E-state index contributed by atoms with van der Waals surface area (Å²) in [6.07, 6.45) is 4.67. The normalized spacial score (nSPS) is 10.5. The Hall–Kier alpha value is -1.43. The fraction of sp³-hybridized carbons (Fsp3) is 0. The summed E-state index contributed by atoms with van der Waals surface area (Å²) in [4.78, 5) is 14.0. The summed E-state index contributed by atoms with van der Waals surface area (Å²) in [5.74, 6) is 0. The Labute approximate surface area is 81.3 Å². The van der Waals surface area contributed by atoms with Gasteiger partial charge in [0.15, 0.2) is 5.65 Å². The molecule has 2 rings (SSSR count). The molecule has 0 unspecified atom stereocenters. The van der Waals surface area contributed by atoms with Crippen LogP contribution >= 0.6 is 15.9 Å². The first-order valence-electron chi connectivity index (χ1n) is 3.45. The van der Waals surface area contributed by atoms with Crippen molar-refractivity contribution < 1.29 is 4.92 Å². The van der Waals surface area contributed by atoms with Crippen LogP contribution in [0.2, 0.25) is 0 Å². The minimum Gasteiger partial charge on any atom is -0.299 e. The van der Waals surface area contributed by atoms with E-state index in [0.717, 1.165) is 0 Å². The lowest BCUT2D eigenvalue weighted by Crippen LogP contribution is -1.92. The largest absolute Gasteiger partial charge is 0.299 e. The number of nitrogens with zero attached hydrogens (tertiary/aromatic N) is 3. The monoisotopic (exact) mass is 241 g/mol. The number of rotatable bonds is 1. The van der Waals surface area contributed by atoms with Gasteiger partial charge in [-0.2, -0.15) is 0 Å². The van der Waals surface area contributed by atoms with Crippen LogP contribution < -0.4 is 0 Å². The highest BCUT2D eigenvalue weighted by atomic mass is 79.9. The molecule has 0 aromatic carbocycles. The Morgan fingerprint density at radius 3 is 3.08 bits per heavy atom. The van der Waals surface area contributed by atoms with E-state index in [-0.39, 0.29) is 5.69 Å². The highest BCUT2D eigenvalue weighted by Crippen LogP contribution is 2.22. The van der Waals surface area contributed by atoms with Gasteiger partial charge in [-0.05, 0) is 15.9 Å². The van der Waals surface area contributed by atoms with Crippen molar-refractivity contribution >= 4 is 27.3 Å². The van der Waals surface area contributed by atoms with E-state index < -0.39 is 4.92 Å². The SMILES string of the molecule is O=[N+]([O-])c1cc(Br)c2nccn2c1. The average molecular weight is 242 g/mol. The van der Waals surface area contributed by atoms with Crippen molar-refractivity contribution in [3.63, 3.8) is 0 Å². The van der Waals surface area contributed by atoms with Gasteiger partial charge < -0.3 is 0 Å². The summed E-state index contributed by atoms with van der Waals surface area (Å²) < 4.78 is 2.22. The molecule has 0 aliphatic rings. The van der Waals surface area contributed by atoms with Crippen LogP contribution in [0.25, 0.3) is 5.65 Å². The second-order valence-corrected chi connectivity index (χ2v) is 3.32. The van der Waals surface area contributed by atoms with Gasteiger partial charge in [0, 0.05) is 18.5 Å². The third-order valence-corrected chi connectivity index (χ3v) is 2.22. The number of halogens is 1. The van der Waals surface area contributed by atoms with Crippen LogP contribution in [0, 0.1) is 10.1 Å². The van der Waals surface area contributed by atoms with Crippen molar-refractivity contribution in [1.82, 2.24) is 9.38 Å². The molecule has 0 saturated carbocycles. The molecule has 0 spiro atoms. The lowest BCUT2D eigenvalue weighted by Gasteiger charge is -1.96. The molecule has 0 amide bonds. The second kappa shape index (κ2) is 2.81. The van der Waals surface area contributed by atoms with Gasteiger partial charge in [-0.25, -0.2) is 4.98 Å². The molecule has 0 aliphatic carbocycles. The highest BCUT2D eigenvalue weighted by Gasteiger charge is 2.10. The number of hydrogen-bond acceptors (Lipinski definition) is 3. The summed E-state index contributed by atoms with van der Waals surface area (Å²) in [7, 11) is 0. The summed E-state index contributed by atoms with van der Waals surface area (Å²) in [6, 6.07) is 1.43. The number of fused-ring (bicyclic) bond motifs is 1. The van der Waals surface area contributed by atoms with Crippen LogP contribution in [0.1, 0.15) is 0 Å². The zero-order chi connectivity index (χ0) is 9.42. The standard InChI is InChI=1S/C7H4BrN3O2/c8-6-3-5(11(12)13)4-10-2-1-9-7(6)10/h1-4H. The Bertz CT molecular complexity index is 480. The molecule has 0 radical (unpaired) electrons. The van der Waals surface area contributed by atoms with E-state index in [1.54, 1.807) is 16.8 Å². The molecule has 5 nitrogen and oxygen atoms in total. The van der Waals surface area contributed by atoms with Gasteiger partial charge in [0.1, 0.15) is 0 Å². The summed E-state index contributed by atoms with van der Waals surface area (Å²) in [5, 5.41) is 10.5. The van der Waals surface area contributed by atoms with Gasteiger partial charge in [-0.1, -0.05) is 0 Å². The van der Waals surface area contributed by atoms with Crippen molar-refractivity contribution in [2.75, 3.05) is 0 Å². The third kappa shape index (κ3) is 1.29. The van der Waals surface area contributed by atoms with E-state index in [0.29, 0.717) is 10.1 Å². The molecule has 6 heteroatoms. The topological polar surface area (TPSA) is 60.4 Å². The summed E-state index contributed by atoms with van der Waals surface area (Å²) in [5.41, 5.74) is 0.711. The van der Waals surface area contributed by atoms with E-state index in [1.807, 2.05) is 0 Å². The Kier molecular flexibility index (Phi) is 1.77. The van der Waals surface area contributed by atoms with Crippen LogP contribution in [0.15, 0.2) is 29.1 Å². The molecule has 0 bridgehead atoms. The lowest BCUT2D eigenvalue weighted by molar-refractivity contribution is -0.385. The Morgan fingerprint density at radius 2 is 2.38 bits per heavy atom. The van der Waals surface area contributed by atoms with Gasteiger partial charge in [0.05, 0.1) is 15.6 Å². The fourth-order valence-corrected chi connectivity index (χ4v) is 1.62. The Morgan fingerprint density at radius 1 is 1.62 bits per heavy atom. The molecule has 2 heterocycles. The van der Waals surface area contributed by atoms with Crippen LogP contribution in [0.5, 0.6) is 0 Å². The number of imidazole rings is 1. The van der Waals surface area contributed by atoms with Crippen LogP contribution in [-0.4, -0.2) is 14.3 Å². The van der Waals surface area contributed by atoms with Crippen molar-refractivity contribution in [3.05, 3.63) is 39.2 Å². The zero-order valence-electron chi connectivity index (χ0n) is 6.35. The molecular formula is C7H4BrN3O2. The van der Waals surface area contributed by atoms with E-state index >= 15 is 0 Å². The van der Waals surface area contributed by atoms with E-state index in [2.05, 4.69) is 20.9 Å². The van der Waals surface area contributed by atoms with Crippen LogP contribution in [-0.2, 0) is 0 Å². The molecule has 0 aliphatic heterocycles. The first kappa shape index (κ1) is 8.18. The van der Waals surface area contributed by atoms with Gasteiger partial charge in [0.25, 0.3) is 5.69 Å². The lowest BCUT2D eigenvalue weighted by atomic mass is 10.4. The van der Waals surface area contributed by atoms with Crippen LogP contribution in [0.3, 0.4) is 0 Å². The zero-order valence-corrected chi connectivity index (χ0v) is 7.93. The minimum absolute atomic E-state index is 0.0392. The van der Waals surface area contributed by atoms with Gasteiger partial charge in [-0.3, -0.25) is 14.5 Å². The maximum Gasteiger partial charge on any atom is 0.287 e. The van der Waals surface area contributed by atoms with Crippen LogP contribution in [0.4, 0.5) is 5.69 Å². The van der Waals surface area contributed by atoms with E-state index in [1.165, 1.54) is 12.3 Å². The maximum atomic E-state index is 10.5. The number of pyridine rings is 1. The maximum absolute atomic E-state index is 10.5. The van der Waals surface area contributed by atoms with Gasteiger partial charge in [-0.15, -0.1) is 0 Å². The highest BCUT2D eigenvalue weighted by molar-refractivity contribution is 9.10. The summed E-state index contributed by atoms with van der Waals surface area (Å²) in [6.45, 7) is 0. The molecule has 0 saturated heterocycles. The average Bonchev–Trinajstić information content (AvgIpc) is 2.51. The number of hydrogen-bond donors (Lipinski definition) is 0. The molecule has 2 aromatic rings. The minimum atomic E-state index is -0.440. The first-order valence-corrected chi connectivity index (χ1v) is 4.24. The second-order valence-electron chi connectivity index (χ2n) is 2.46. The van der Waals surface area contributed by atoms with Crippen molar-refractivity contribution in [2.45, 2.75) is 0 Å². The predicted octanol–water partition coefficient (Wildman–Crippen LogP) is 2.00. The molecule has 66 valence electrons. The predicted molar refractivity (Wildman–Crippen MR) is 49.5 cm³/mol. The van der Waals surface area contributed by atoms with Gasteiger partial charge in [0.2, 0.25) is 0 Å². The molecule has 0 N–H and O–H groups in total. The quantitative estimate of drug-likeness (QED) is 0.567. The van der Waals surface area contributed by atoms with Crippen molar-refractivity contribution in [1.29, 1.82) is 0 Å². The number of nitro groups is 1. The Balaban J connectivity index is 2.77. The van der Waals surface area contributed by atoms with Crippen molar-refractivity contribution in [3.8, 4) is 0 Å². The number of aromatic nitrogens is 2. The molecule has 0 atom stereocenters. The third-order valence-electron chi connectivity index (χ3n) is 1.64.